The van der Waals surface area contributed by atoms with Crippen LogP contribution in [0.25, 0.3) is 0 Å². The summed E-state index contributed by atoms with van der Waals surface area (Å²) in [4.78, 5) is 34.7. The zero-order valence-corrected chi connectivity index (χ0v) is 15.4. The van der Waals surface area contributed by atoms with Crippen molar-refractivity contribution in [2.75, 3.05) is 23.1 Å². The standard InChI is InChI=1S/C20H21N3O5/c1-28-17-10-13-6-7-18(24)22-15(13)11-16(17)23-20(27)21-14-4-2-3-12(9-14)5-8-19(25)26/h2-4,9-11H,5-8H2,1H3,(H,22,24)(H,25,26)(H2,21,23,27). The lowest BCUT2D eigenvalue weighted by molar-refractivity contribution is -0.137. The summed E-state index contributed by atoms with van der Waals surface area (Å²) < 4.78 is 5.35. The minimum Gasteiger partial charge on any atom is -0.495 e. The average Bonchev–Trinajstić information content (AvgIpc) is 2.66. The van der Waals surface area contributed by atoms with Gasteiger partial charge in [0, 0.05) is 24.2 Å². The Morgan fingerprint density at radius 3 is 2.75 bits per heavy atom. The molecule has 0 atom stereocenters. The number of nitrogens with one attached hydrogen (secondary N) is 3. The van der Waals surface area contributed by atoms with Crippen LogP contribution in [-0.4, -0.2) is 30.1 Å². The molecule has 0 aromatic heterocycles. The average molecular weight is 383 g/mol. The lowest BCUT2D eigenvalue weighted by Gasteiger charge is -2.20. The number of anilines is 3. The molecule has 4 N–H and O–H groups in total. The Bertz CT molecular complexity index is 926. The van der Waals surface area contributed by atoms with E-state index in [1.54, 1.807) is 36.4 Å². The number of rotatable bonds is 6. The number of carboxylic acids is 1. The number of carbonyl (C=O) groups excluding carboxylic acids is 2. The summed E-state index contributed by atoms with van der Waals surface area (Å²) in [5.74, 6) is -0.436. The molecule has 1 aliphatic rings. The zero-order valence-electron chi connectivity index (χ0n) is 15.4. The van der Waals surface area contributed by atoms with E-state index in [9.17, 15) is 14.4 Å². The fourth-order valence-electron chi connectivity index (χ4n) is 3.01. The lowest BCUT2D eigenvalue weighted by Crippen LogP contribution is -2.22. The number of hydrogen-bond acceptors (Lipinski definition) is 4. The molecule has 8 nitrogen and oxygen atoms in total. The second-order valence-electron chi connectivity index (χ2n) is 6.43. The molecule has 0 saturated heterocycles. The van der Waals surface area contributed by atoms with Gasteiger partial charge in [0.1, 0.15) is 5.75 Å². The molecule has 146 valence electrons. The number of fused-ring (bicyclic) bond motifs is 1. The Morgan fingerprint density at radius 2 is 2.00 bits per heavy atom. The Hall–Kier alpha value is -3.55. The third kappa shape index (κ3) is 4.79. The van der Waals surface area contributed by atoms with Crippen molar-refractivity contribution in [3.05, 3.63) is 47.5 Å². The number of carboxylic acid groups (broad SMARTS) is 1. The predicted molar refractivity (Wildman–Crippen MR) is 105 cm³/mol. The van der Waals surface area contributed by atoms with Crippen molar-refractivity contribution in [2.24, 2.45) is 0 Å². The van der Waals surface area contributed by atoms with Crippen molar-refractivity contribution >= 4 is 35.0 Å². The van der Waals surface area contributed by atoms with Crippen molar-refractivity contribution in [1.82, 2.24) is 0 Å². The van der Waals surface area contributed by atoms with E-state index in [1.807, 2.05) is 0 Å². The maximum Gasteiger partial charge on any atom is 0.323 e. The van der Waals surface area contributed by atoms with Crippen LogP contribution >= 0.6 is 0 Å². The number of aryl methyl sites for hydroxylation is 2. The molecule has 2 aromatic carbocycles. The van der Waals surface area contributed by atoms with Gasteiger partial charge >= 0.3 is 12.0 Å². The number of carbonyl (C=O) groups is 3. The number of amides is 3. The van der Waals surface area contributed by atoms with E-state index in [-0.39, 0.29) is 12.3 Å². The molecule has 3 rings (SSSR count). The highest BCUT2D eigenvalue weighted by molar-refractivity contribution is 6.02. The van der Waals surface area contributed by atoms with E-state index >= 15 is 0 Å². The first kappa shape index (κ1) is 19.2. The van der Waals surface area contributed by atoms with Gasteiger partial charge in [0.05, 0.1) is 12.8 Å². The van der Waals surface area contributed by atoms with Crippen LogP contribution in [-0.2, 0) is 22.4 Å². The van der Waals surface area contributed by atoms with E-state index in [0.717, 1.165) is 11.1 Å². The molecule has 28 heavy (non-hydrogen) atoms. The summed E-state index contributed by atoms with van der Waals surface area (Å²) in [6.07, 6.45) is 1.44. The van der Waals surface area contributed by atoms with E-state index in [2.05, 4.69) is 16.0 Å². The van der Waals surface area contributed by atoms with E-state index in [4.69, 9.17) is 9.84 Å². The number of ether oxygens (including phenoxy) is 1. The van der Waals surface area contributed by atoms with Crippen molar-refractivity contribution in [1.29, 1.82) is 0 Å². The fraction of sp³-hybridized carbons (Fsp3) is 0.250. The van der Waals surface area contributed by atoms with Gasteiger partial charge in [-0.25, -0.2) is 4.79 Å². The minimum absolute atomic E-state index is 0.0215. The summed E-state index contributed by atoms with van der Waals surface area (Å²) in [7, 11) is 1.51. The van der Waals surface area contributed by atoms with Crippen LogP contribution in [0.15, 0.2) is 36.4 Å². The van der Waals surface area contributed by atoms with Crippen molar-refractivity contribution < 1.29 is 24.2 Å². The zero-order chi connectivity index (χ0) is 20.1. The maximum absolute atomic E-state index is 12.4. The normalized spacial score (nSPS) is 12.5. The summed E-state index contributed by atoms with van der Waals surface area (Å²) in [5, 5.41) is 17.0. The molecule has 0 spiro atoms. The third-order valence-electron chi connectivity index (χ3n) is 4.38. The van der Waals surface area contributed by atoms with Crippen molar-refractivity contribution in [2.45, 2.75) is 25.7 Å². The molecule has 0 unspecified atom stereocenters. The first-order valence-electron chi connectivity index (χ1n) is 8.84. The molecule has 2 aromatic rings. The van der Waals surface area contributed by atoms with Gasteiger partial charge < -0.3 is 25.8 Å². The molecule has 1 aliphatic heterocycles. The van der Waals surface area contributed by atoms with Gasteiger partial charge in [-0.05, 0) is 48.2 Å². The number of methoxy groups -OCH3 is 1. The van der Waals surface area contributed by atoms with Gasteiger partial charge in [-0.2, -0.15) is 0 Å². The van der Waals surface area contributed by atoms with Crippen molar-refractivity contribution in [3.63, 3.8) is 0 Å². The van der Waals surface area contributed by atoms with Crippen LogP contribution < -0.4 is 20.7 Å². The number of hydrogen-bond donors (Lipinski definition) is 4. The van der Waals surface area contributed by atoms with E-state index in [0.29, 0.717) is 42.1 Å². The van der Waals surface area contributed by atoms with E-state index < -0.39 is 12.0 Å². The number of benzene rings is 2. The Kier molecular flexibility index (Phi) is 5.78. The van der Waals surface area contributed by atoms with Crippen LogP contribution in [0.2, 0.25) is 0 Å². The number of urea groups is 1. The second kappa shape index (κ2) is 8.43. The number of aliphatic carboxylic acids is 1. The maximum atomic E-state index is 12.4. The molecule has 0 bridgehead atoms. The molecular formula is C20H21N3O5. The Morgan fingerprint density at radius 1 is 1.18 bits per heavy atom. The highest BCUT2D eigenvalue weighted by Crippen LogP contribution is 2.34. The molecule has 0 fully saturated rings. The molecule has 0 radical (unpaired) electrons. The van der Waals surface area contributed by atoms with Crippen molar-refractivity contribution in [3.8, 4) is 5.75 Å². The molecule has 1 heterocycles. The first-order chi connectivity index (χ1) is 13.4. The summed E-state index contributed by atoms with van der Waals surface area (Å²) in [6.45, 7) is 0. The molecule has 8 heteroatoms. The summed E-state index contributed by atoms with van der Waals surface area (Å²) in [5.41, 5.74) is 3.40. The first-order valence-corrected chi connectivity index (χ1v) is 8.84. The Balaban J connectivity index is 1.71. The van der Waals surface area contributed by atoms with Crippen LogP contribution in [0.4, 0.5) is 21.9 Å². The van der Waals surface area contributed by atoms with Crippen LogP contribution in [0.1, 0.15) is 24.0 Å². The predicted octanol–water partition coefficient (Wildman–Crippen LogP) is 3.24. The summed E-state index contributed by atoms with van der Waals surface area (Å²) >= 11 is 0. The van der Waals surface area contributed by atoms with Crippen LogP contribution in [0.5, 0.6) is 5.75 Å². The van der Waals surface area contributed by atoms with Crippen LogP contribution in [0, 0.1) is 0 Å². The Labute approximate surface area is 161 Å². The monoisotopic (exact) mass is 383 g/mol. The smallest absolute Gasteiger partial charge is 0.323 e. The fourth-order valence-corrected chi connectivity index (χ4v) is 3.01. The molecular weight excluding hydrogens is 362 g/mol. The van der Waals surface area contributed by atoms with Gasteiger partial charge in [-0.1, -0.05) is 12.1 Å². The highest BCUT2D eigenvalue weighted by atomic mass is 16.5. The van der Waals surface area contributed by atoms with E-state index in [1.165, 1.54) is 7.11 Å². The highest BCUT2D eigenvalue weighted by Gasteiger charge is 2.19. The molecule has 3 amide bonds. The minimum atomic E-state index is -0.872. The second-order valence-corrected chi connectivity index (χ2v) is 6.43. The quantitative estimate of drug-likeness (QED) is 0.611. The molecule has 0 saturated carbocycles. The van der Waals surface area contributed by atoms with Gasteiger partial charge in [0.2, 0.25) is 5.91 Å². The van der Waals surface area contributed by atoms with Gasteiger partial charge in [-0.15, -0.1) is 0 Å². The topological polar surface area (TPSA) is 117 Å². The lowest BCUT2D eigenvalue weighted by atomic mass is 10.0. The van der Waals surface area contributed by atoms with Gasteiger partial charge in [-0.3, -0.25) is 9.59 Å². The SMILES string of the molecule is COc1cc2c(cc1NC(=O)Nc1cccc(CCC(=O)O)c1)NC(=O)CC2. The van der Waals surface area contributed by atoms with Gasteiger partial charge in [0.15, 0.2) is 0 Å². The van der Waals surface area contributed by atoms with Gasteiger partial charge in [0.25, 0.3) is 0 Å². The largest absolute Gasteiger partial charge is 0.495 e. The third-order valence-corrected chi connectivity index (χ3v) is 4.38. The molecule has 0 aliphatic carbocycles. The summed E-state index contributed by atoms with van der Waals surface area (Å²) in [6, 6.07) is 10.0. The van der Waals surface area contributed by atoms with Crippen LogP contribution in [0.3, 0.4) is 0 Å².